The average molecular weight is 318 g/mol. The van der Waals surface area contributed by atoms with Crippen LogP contribution in [0.4, 0.5) is 0 Å². The summed E-state index contributed by atoms with van der Waals surface area (Å²) in [7, 11) is 0. The largest absolute Gasteiger partial charge is 0.391 e. The van der Waals surface area contributed by atoms with Gasteiger partial charge < -0.3 is 5.11 Å². The number of likely N-dealkylation sites (tertiary alicyclic amines) is 1. The van der Waals surface area contributed by atoms with Gasteiger partial charge in [-0.2, -0.15) is 0 Å². The number of benzene rings is 1. The predicted octanol–water partition coefficient (Wildman–Crippen LogP) is 2.47. The molecule has 0 unspecified atom stereocenters. The molecule has 2 atom stereocenters. The fraction of sp³-hybridized carbons (Fsp3) is 0.412. The van der Waals surface area contributed by atoms with E-state index in [1.54, 1.807) is 18.6 Å². The van der Waals surface area contributed by atoms with Gasteiger partial charge >= 0.3 is 0 Å². The molecule has 5 heteroatoms. The van der Waals surface area contributed by atoms with Crippen molar-refractivity contribution in [3.05, 3.63) is 58.6 Å². The Morgan fingerprint density at radius 2 is 2.18 bits per heavy atom. The highest BCUT2D eigenvalue weighted by Crippen LogP contribution is 2.26. The lowest BCUT2D eigenvalue weighted by molar-refractivity contribution is 0.140. The highest BCUT2D eigenvalue weighted by Gasteiger charge is 2.32. The smallest absolute Gasteiger partial charge is 0.0711 e. The van der Waals surface area contributed by atoms with Gasteiger partial charge in [-0.3, -0.25) is 14.9 Å². The number of aromatic nitrogens is 2. The Kier molecular flexibility index (Phi) is 4.71. The van der Waals surface area contributed by atoms with Crippen molar-refractivity contribution >= 4 is 11.6 Å². The van der Waals surface area contributed by atoms with Crippen LogP contribution < -0.4 is 0 Å². The third-order valence-electron chi connectivity index (χ3n) is 4.30. The van der Waals surface area contributed by atoms with Gasteiger partial charge in [-0.1, -0.05) is 23.7 Å². The van der Waals surface area contributed by atoms with Crippen LogP contribution in [0.3, 0.4) is 0 Å². The molecule has 1 N–H and O–H groups in total. The van der Waals surface area contributed by atoms with Gasteiger partial charge in [-0.25, -0.2) is 0 Å². The van der Waals surface area contributed by atoms with Crippen LogP contribution in [0.15, 0.2) is 36.8 Å². The lowest BCUT2D eigenvalue weighted by Gasteiger charge is -2.18. The molecule has 1 aliphatic rings. The Morgan fingerprint density at radius 3 is 2.91 bits per heavy atom. The first-order valence-electron chi connectivity index (χ1n) is 7.53. The molecule has 1 aromatic carbocycles. The predicted molar refractivity (Wildman–Crippen MR) is 86.7 cm³/mol. The number of hydrogen-bond donors (Lipinski definition) is 1. The number of halogens is 1. The molecular formula is C17H20ClN3O. The standard InChI is InChI=1S/C17H20ClN3O/c1-12-3-2-4-16(18)15(12)10-21-9-13(17(22)11-21)7-14-8-19-5-6-20-14/h2-6,8,13,17,22H,7,9-11H2,1H3/t13-,17-/m1/s1. The Morgan fingerprint density at radius 1 is 1.32 bits per heavy atom. The summed E-state index contributed by atoms with van der Waals surface area (Å²) in [4.78, 5) is 10.7. The summed E-state index contributed by atoms with van der Waals surface area (Å²) < 4.78 is 0. The van der Waals surface area contributed by atoms with E-state index in [0.717, 1.165) is 35.8 Å². The zero-order valence-electron chi connectivity index (χ0n) is 12.6. The van der Waals surface area contributed by atoms with Gasteiger partial charge in [0.15, 0.2) is 0 Å². The van der Waals surface area contributed by atoms with Crippen LogP contribution in [0.2, 0.25) is 5.02 Å². The van der Waals surface area contributed by atoms with Crippen molar-refractivity contribution in [2.24, 2.45) is 5.92 Å². The summed E-state index contributed by atoms with van der Waals surface area (Å²) in [5, 5.41) is 11.1. The minimum absolute atomic E-state index is 0.194. The monoisotopic (exact) mass is 317 g/mol. The van der Waals surface area contributed by atoms with E-state index < -0.39 is 0 Å². The number of rotatable bonds is 4. The van der Waals surface area contributed by atoms with Crippen LogP contribution in [0.1, 0.15) is 16.8 Å². The van der Waals surface area contributed by atoms with Gasteiger partial charge in [0.25, 0.3) is 0 Å². The lowest BCUT2D eigenvalue weighted by atomic mass is 10.0. The maximum absolute atomic E-state index is 10.3. The summed E-state index contributed by atoms with van der Waals surface area (Å²) in [6.45, 7) is 4.38. The fourth-order valence-electron chi connectivity index (χ4n) is 3.07. The molecule has 116 valence electrons. The molecule has 0 amide bonds. The minimum Gasteiger partial charge on any atom is -0.391 e. The maximum atomic E-state index is 10.3. The second kappa shape index (κ2) is 6.73. The Hall–Kier alpha value is -1.49. The number of aliphatic hydroxyl groups excluding tert-OH is 1. The molecule has 2 aromatic rings. The molecule has 1 saturated heterocycles. The van der Waals surface area contributed by atoms with Crippen molar-refractivity contribution in [2.75, 3.05) is 13.1 Å². The highest BCUT2D eigenvalue weighted by atomic mass is 35.5. The van der Waals surface area contributed by atoms with Crippen molar-refractivity contribution in [3.63, 3.8) is 0 Å². The molecule has 0 radical (unpaired) electrons. The molecule has 0 saturated carbocycles. The van der Waals surface area contributed by atoms with Crippen molar-refractivity contribution in [1.29, 1.82) is 0 Å². The van der Waals surface area contributed by atoms with E-state index in [-0.39, 0.29) is 12.0 Å². The topological polar surface area (TPSA) is 49.2 Å². The van der Waals surface area contributed by atoms with Crippen molar-refractivity contribution in [2.45, 2.75) is 26.0 Å². The lowest BCUT2D eigenvalue weighted by Crippen LogP contribution is -2.22. The van der Waals surface area contributed by atoms with Crippen LogP contribution in [-0.4, -0.2) is 39.2 Å². The molecule has 1 fully saturated rings. The first-order valence-corrected chi connectivity index (χ1v) is 7.90. The first-order chi connectivity index (χ1) is 10.6. The van der Waals surface area contributed by atoms with Crippen molar-refractivity contribution < 1.29 is 5.11 Å². The van der Waals surface area contributed by atoms with E-state index in [1.807, 2.05) is 12.1 Å². The van der Waals surface area contributed by atoms with E-state index in [2.05, 4.69) is 27.9 Å². The number of hydrogen-bond acceptors (Lipinski definition) is 4. The summed E-state index contributed by atoms with van der Waals surface area (Å²) in [5.41, 5.74) is 3.28. The Labute approximate surface area is 135 Å². The van der Waals surface area contributed by atoms with Crippen LogP contribution >= 0.6 is 11.6 Å². The van der Waals surface area contributed by atoms with E-state index in [1.165, 1.54) is 5.56 Å². The van der Waals surface area contributed by atoms with Gasteiger partial charge in [0.1, 0.15) is 0 Å². The van der Waals surface area contributed by atoms with Crippen LogP contribution in [0, 0.1) is 12.8 Å². The second-order valence-corrected chi connectivity index (χ2v) is 6.36. The number of aryl methyl sites for hydroxylation is 1. The minimum atomic E-state index is -0.329. The van der Waals surface area contributed by atoms with Crippen molar-refractivity contribution in [3.8, 4) is 0 Å². The summed E-state index contributed by atoms with van der Waals surface area (Å²) >= 11 is 6.30. The zero-order valence-corrected chi connectivity index (χ0v) is 13.4. The van der Waals surface area contributed by atoms with E-state index >= 15 is 0 Å². The molecular weight excluding hydrogens is 298 g/mol. The molecule has 2 heterocycles. The highest BCUT2D eigenvalue weighted by molar-refractivity contribution is 6.31. The van der Waals surface area contributed by atoms with Crippen LogP contribution in [0.25, 0.3) is 0 Å². The normalized spacial score (nSPS) is 22.1. The average Bonchev–Trinajstić information content (AvgIpc) is 2.84. The van der Waals surface area contributed by atoms with Gasteiger partial charge in [-0.05, 0) is 30.5 Å². The molecule has 22 heavy (non-hydrogen) atoms. The molecule has 1 aliphatic heterocycles. The zero-order chi connectivity index (χ0) is 15.5. The summed E-state index contributed by atoms with van der Waals surface area (Å²) in [6, 6.07) is 5.97. The third kappa shape index (κ3) is 3.46. The number of aliphatic hydroxyl groups is 1. The summed E-state index contributed by atoms with van der Waals surface area (Å²) in [5.74, 6) is 0.194. The maximum Gasteiger partial charge on any atom is 0.0711 e. The molecule has 1 aromatic heterocycles. The van der Waals surface area contributed by atoms with Gasteiger partial charge in [0.2, 0.25) is 0 Å². The van der Waals surface area contributed by atoms with Gasteiger partial charge in [0.05, 0.1) is 11.8 Å². The Balaban J connectivity index is 1.66. The quantitative estimate of drug-likeness (QED) is 0.941. The van der Waals surface area contributed by atoms with Gasteiger partial charge in [-0.15, -0.1) is 0 Å². The van der Waals surface area contributed by atoms with Crippen LogP contribution in [0.5, 0.6) is 0 Å². The van der Waals surface area contributed by atoms with E-state index in [4.69, 9.17) is 11.6 Å². The van der Waals surface area contributed by atoms with E-state index in [0.29, 0.717) is 6.54 Å². The summed E-state index contributed by atoms with van der Waals surface area (Å²) in [6.07, 6.45) is 5.56. The SMILES string of the molecule is Cc1cccc(Cl)c1CN1C[C@@H](Cc2cnccn2)[C@H](O)C1. The molecule has 4 nitrogen and oxygen atoms in total. The fourth-order valence-corrected chi connectivity index (χ4v) is 3.35. The first kappa shape index (κ1) is 15.4. The molecule has 0 aliphatic carbocycles. The second-order valence-electron chi connectivity index (χ2n) is 5.96. The number of nitrogens with zero attached hydrogens (tertiary/aromatic N) is 3. The molecule has 3 rings (SSSR count). The number of β-amino-alcohol motifs (C(OH)–C–C–N with tert-alkyl or cyclic N) is 1. The third-order valence-corrected chi connectivity index (χ3v) is 4.66. The van der Waals surface area contributed by atoms with Crippen molar-refractivity contribution in [1.82, 2.24) is 14.9 Å². The van der Waals surface area contributed by atoms with E-state index in [9.17, 15) is 5.11 Å². The molecule has 0 spiro atoms. The Bertz CT molecular complexity index is 615. The van der Waals surface area contributed by atoms with Crippen LogP contribution in [-0.2, 0) is 13.0 Å². The van der Waals surface area contributed by atoms with Gasteiger partial charge in [0, 0.05) is 49.2 Å². The molecule has 0 bridgehead atoms.